The van der Waals surface area contributed by atoms with Crippen LogP contribution in [0, 0.1) is 16.7 Å². The molecule has 2 rings (SSSR count). The molecule has 1 N–H and O–H groups in total. The Morgan fingerprint density at radius 1 is 1.68 bits per heavy atom. The SMILES string of the molecule is CC1(C(=O)O)CCCN(Cc2cccnc2C#N)C1. The molecule has 0 aromatic carbocycles. The second-order valence-electron chi connectivity index (χ2n) is 5.30. The van der Waals surface area contributed by atoms with E-state index < -0.39 is 11.4 Å². The highest BCUT2D eigenvalue weighted by Gasteiger charge is 2.37. The Balaban J connectivity index is 2.12. The van der Waals surface area contributed by atoms with Crippen LogP contribution in [0.5, 0.6) is 0 Å². The first-order valence-electron chi connectivity index (χ1n) is 6.35. The van der Waals surface area contributed by atoms with E-state index in [1.54, 1.807) is 19.2 Å². The molecular formula is C14H17N3O2. The second kappa shape index (κ2) is 5.37. The molecular weight excluding hydrogens is 242 g/mol. The first-order valence-corrected chi connectivity index (χ1v) is 6.35. The Kier molecular flexibility index (Phi) is 3.82. The van der Waals surface area contributed by atoms with E-state index >= 15 is 0 Å². The van der Waals surface area contributed by atoms with Gasteiger partial charge in [0, 0.05) is 24.8 Å². The lowest BCUT2D eigenvalue weighted by Crippen LogP contribution is -2.45. The van der Waals surface area contributed by atoms with Crippen molar-refractivity contribution in [2.75, 3.05) is 13.1 Å². The lowest BCUT2D eigenvalue weighted by molar-refractivity contribution is -0.151. The number of aliphatic carboxylic acids is 1. The van der Waals surface area contributed by atoms with Gasteiger partial charge >= 0.3 is 5.97 Å². The van der Waals surface area contributed by atoms with Gasteiger partial charge in [-0.25, -0.2) is 4.98 Å². The fourth-order valence-corrected chi connectivity index (χ4v) is 2.56. The molecule has 0 aliphatic carbocycles. The van der Waals surface area contributed by atoms with Gasteiger partial charge in [0.25, 0.3) is 0 Å². The van der Waals surface area contributed by atoms with Crippen molar-refractivity contribution < 1.29 is 9.90 Å². The van der Waals surface area contributed by atoms with Crippen molar-refractivity contribution in [3.63, 3.8) is 0 Å². The van der Waals surface area contributed by atoms with Crippen LogP contribution >= 0.6 is 0 Å². The maximum Gasteiger partial charge on any atom is 0.310 e. The van der Waals surface area contributed by atoms with Gasteiger partial charge in [-0.05, 0) is 32.4 Å². The molecule has 0 saturated carbocycles. The highest BCUT2D eigenvalue weighted by molar-refractivity contribution is 5.74. The van der Waals surface area contributed by atoms with Crippen LogP contribution in [0.2, 0.25) is 0 Å². The van der Waals surface area contributed by atoms with E-state index in [2.05, 4.69) is 16.0 Å². The summed E-state index contributed by atoms with van der Waals surface area (Å²) in [6.07, 6.45) is 3.17. The number of carboxylic acid groups (broad SMARTS) is 1. The van der Waals surface area contributed by atoms with Gasteiger partial charge in [0.15, 0.2) is 0 Å². The summed E-state index contributed by atoms with van der Waals surface area (Å²) in [5.74, 6) is -0.746. The van der Waals surface area contributed by atoms with Crippen LogP contribution in [0.15, 0.2) is 18.3 Å². The van der Waals surface area contributed by atoms with Gasteiger partial charge in [-0.3, -0.25) is 9.69 Å². The zero-order valence-electron chi connectivity index (χ0n) is 11.0. The quantitative estimate of drug-likeness (QED) is 0.892. The number of hydrogen-bond donors (Lipinski definition) is 1. The normalized spacial score (nSPS) is 23.8. The minimum absolute atomic E-state index is 0.421. The molecule has 0 spiro atoms. The van der Waals surface area contributed by atoms with Gasteiger partial charge in [-0.2, -0.15) is 5.26 Å². The highest BCUT2D eigenvalue weighted by Crippen LogP contribution is 2.30. The molecule has 0 amide bonds. The zero-order valence-corrected chi connectivity index (χ0v) is 11.0. The van der Waals surface area contributed by atoms with E-state index in [0.29, 0.717) is 25.2 Å². The Hall–Kier alpha value is -1.93. The monoisotopic (exact) mass is 259 g/mol. The van der Waals surface area contributed by atoms with Gasteiger partial charge in [0.2, 0.25) is 0 Å². The average molecular weight is 259 g/mol. The van der Waals surface area contributed by atoms with Crippen LogP contribution in [0.25, 0.3) is 0 Å². The van der Waals surface area contributed by atoms with E-state index in [0.717, 1.165) is 18.5 Å². The number of nitriles is 1. The second-order valence-corrected chi connectivity index (χ2v) is 5.30. The Morgan fingerprint density at radius 2 is 2.47 bits per heavy atom. The summed E-state index contributed by atoms with van der Waals surface area (Å²) in [5, 5.41) is 18.3. The van der Waals surface area contributed by atoms with Crippen molar-refractivity contribution in [2.45, 2.75) is 26.3 Å². The third kappa shape index (κ3) is 2.91. The first-order chi connectivity index (χ1) is 9.05. The molecule has 1 aliphatic rings. The standard InChI is InChI=1S/C14H17N3O2/c1-14(13(18)19)5-3-7-17(10-14)9-11-4-2-6-16-12(11)8-15/h2,4,6H,3,5,7,9-10H2,1H3,(H,18,19). The average Bonchev–Trinajstić information content (AvgIpc) is 2.39. The molecule has 5 heteroatoms. The largest absolute Gasteiger partial charge is 0.481 e. The van der Waals surface area contributed by atoms with Gasteiger partial charge in [-0.15, -0.1) is 0 Å². The molecule has 1 atom stereocenters. The molecule has 2 heterocycles. The molecule has 0 radical (unpaired) electrons. The molecule has 1 aromatic rings. The van der Waals surface area contributed by atoms with Crippen molar-refractivity contribution in [3.8, 4) is 6.07 Å². The van der Waals surface area contributed by atoms with E-state index in [-0.39, 0.29) is 0 Å². The maximum atomic E-state index is 11.3. The van der Waals surface area contributed by atoms with Crippen LogP contribution in [0.3, 0.4) is 0 Å². The summed E-state index contributed by atoms with van der Waals surface area (Å²) < 4.78 is 0. The first kappa shape index (κ1) is 13.5. The predicted molar refractivity (Wildman–Crippen MR) is 69.2 cm³/mol. The van der Waals surface area contributed by atoms with Gasteiger partial charge in [0.1, 0.15) is 11.8 Å². The van der Waals surface area contributed by atoms with E-state index in [1.165, 1.54) is 0 Å². The lowest BCUT2D eigenvalue weighted by Gasteiger charge is -2.37. The molecule has 19 heavy (non-hydrogen) atoms. The smallest absolute Gasteiger partial charge is 0.310 e. The third-order valence-electron chi connectivity index (χ3n) is 3.68. The number of aromatic nitrogens is 1. The number of hydrogen-bond acceptors (Lipinski definition) is 4. The molecule has 1 aromatic heterocycles. The van der Waals surface area contributed by atoms with Crippen LogP contribution in [-0.2, 0) is 11.3 Å². The zero-order chi connectivity index (χ0) is 13.9. The molecule has 100 valence electrons. The van der Waals surface area contributed by atoms with E-state index in [1.807, 2.05) is 6.07 Å². The third-order valence-corrected chi connectivity index (χ3v) is 3.68. The number of piperidine rings is 1. The summed E-state index contributed by atoms with van der Waals surface area (Å²) in [6.45, 7) is 3.75. The van der Waals surface area contributed by atoms with Crippen molar-refractivity contribution in [2.24, 2.45) is 5.41 Å². The van der Waals surface area contributed by atoms with Gasteiger partial charge in [0.05, 0.1) is 5.41 Å². The number of likely N-dealkylation sites (tertiary alicyclic amines) is 1. The summed E-state index contributed by atoms with van der Waals surface area (Å²) in [5.41, 5.74) is 0.595. The van der Waals surface area contributed by atoms with Gasteiger partial charge in [-0.1, -0.05) is 6.07 Å². The number of rotatable bonds is 3. The number of pyridine rings is 1. The number of nitrogens with zero attached hydrogens (tertiary/aromatic N) is 3. The summed E-state index contributed by atoms with van der Waals surface area (Å²) in [7, 11) is 0. The van der Waals surface area contributed by atoms with Crippen molar-refractivity contribution in [1.29, 1.82) is 5.26 Å². The molecule has 5 nitrogen and oxygen atoms in total. The molecule has 1 fully saturated rings. The van der Waals surface area contributed by atoms with Crippen molar-refractivity contribution >= 4 is 5.97 Å². The summed E-state index contributed by atoms with van der Waals surface area (Å²) in [4.78, 5) is 17.4. The van der Waals surface area contributed by atoms with E-state index in [4.69, 9.17) is 5.26 Å². The van der Waals surface area contributed by atoms with E-state index in [9.17, 15) is 9.90 Å². The predicted octanol–water partition coefficient (Wildman–Crippen LogP) is 1.64. The summed E-state index contributed by atoms with van der Waals surface area (Å²) in [6, 6.07) is 5.75. The Morgan fingerprint density at radius 3 is 3.16 bits per heavy atom. The molecule has 1 aliphatic heterocycles. The topological polar surface area (TPSA) is 77.2 Å². The number of carboxylic acids is 1. The Bertz CT molecular complexity index is 524. The Labute approximate surface area is 112 Å². The lowest BCUT2D eigenvalue weighted by atomic mass is 9.82. The number of carbonyl (C=O) groups is 1. The molecule has 1 saturated heterocycles. The minimum Gasteiger partial charge on any atom is -0.481 e. The minimum atomic E-state index is -0.746. The van der Waals surface area contributed by atoms with Crippen LogP contribution in [0.4, 0.5) is 0 Å². The van der Waals surface area contributed by atoms with Crippen LogP contribution < -0.4 is 0 Å². The van der Waals surface area contributed by atoms with Crippen LogP contribution in [-0.4, -0.2) is 34.0 Å². The highest BCUT2D eigenvalue weighted by atomic mass is 16.4. The van der Waals surface area contributed by atoms with Crippen molar-refractivity contribution in [1.82, 2.24) is 9.88 Å². The van der Waals surface area contributed by atoms with Gasteiger partial charge < -0.3 is 5.11 Å². The fraction of sp³-hybridized carbons (Fsp3) is 0.500. The van der Waals surface area contributed by atoms with Crippen molar-refractivity contribution in [3.05, 3.63) is 29.6 Å². The molecule has 0 bridgehead atoms. The fourth-order valence-electron chi connectivity index (χ4n) is 2.56. The molecule has 1 unspecified atom stereocenters. The van der Waals surface area contributed by atoms with Crippen LogP contribution in [0.1, 0.15) is 31.0 Å². The maximum absolute atomic E-state index is 11.3. The summed E-state index contributed by atoms with van der Waals surface area (Å²) >= 11 is 0.